The number of anilines is 1. The lowest BCUT2D eigenvalue weighted by Crippen LogP contribution is -2.12. The fourth-order valence-corrected chi connectivity index (χ4v) is 2.56. The van der Waals surface area contributed by atoms with Gasteiger partial charge >= 0.3 is 0 Å². The van der Waals surface area contributed by atoms with Crippen molar-refractivity contribution in [1.82, 2.24) is 14.6 Å². The summed E-state index contributed by atoms with van der Waals surface area (Å²) in [4.78, 5) is 16.9. The summed E-state index contributed by atoms with van der Waals surface area (Å²) >= 11 is 1.35. The highest BCUT2D eigenvalue weighted by atomic mass is 32.1. The average molecular weight is 310 g/mol. The highest BCUT2D eigenvalue weighted by Crippen LogP contribution is 2.23. The van der Waals surface area contributed by atoms with E-state index in [1.54, 1.807) is 18.6 Å². The zero-order valence-electron chi connectivity index (χ0n) is 11.8. The second-order valence-corrected chi connectivity index (χ2v) is 5.55. The Morgan fingerprint density at radius 2 is 1.86 bits per heavy atom. The number of rotatable bonds is 5. The Morgan fingerprint density at radius 3 is 2.55 bits per heavy atom. The largest absolute Gasteiger partial charge is 0.326 e. The van der Waals surface area contributed by atoms with Crippen molar-refractivity contribution in [1.29, 1.82) is 0 Å². The van der Waals surface area contributed by atoms with Crippen LogP contribution in [0.5, 0.6) is 0 Å². The minimum absolute atomic E-state index is 0.00372. The predicted octanol–water partition coefficient (Wildman–Crippen LogP) is 3.17. The SMILES string of the molecule is O=C(CCc1ccncc1)Nc1ccc(-c2cnns2)cc1. The van der Waals surface area contributed by atoms with Gasteiger partial charge in [-0.25, -0.2) is 0 Å². The van der Waals surface area contributed by atoms with Crippen molar-refractivity contribution in [3.63, 3.8) is 0 Å². The van der Waals surface area contributed by atoms with Crippen LogP contribution < -0.4 is 5.32 Å². The lowest BCUT2D eigenvalue weighted by atomic mass is 10.1. The molecule has 110 valence electrons. The lowest BCUT2D eigenvalue weighted by Gasteiger charge is -2.06. The molecule has 0 aliphatic carbocycles. The van der Waals surface area contributed by atoms with Crippen LogP contribution in [0.15, 0.2) is 55.0 Å². The maximum absolute atomic E-state index is 12.0. The first-order valence-electron chi connectivity index (χ1n) is 6.88. The minimum atomic E-state index is 0.00372. The van der Waals surface area contributed by atoms with Crippen LogP contribution in [0.3, 0.4) is 0 Å². The number of nitrogens with zero attached hydrogens (tertiary/aromatic N) is 3. The van der Waals surface area contributed by atoms with E-state index in [1.165, 1.54) is 11.5 Å². The first-order chi connectivity index (χ1) is 10.8. The van der Waals surface area contributed by atoms with E-state index < -0.39 is 0 Å². The predicted molar refractivity (Wildman–Crippen MR) is 86.5 cm³/mol. The standard InChI is InChI=1S/C16H14N4OS/c21-16(6-1-12-7-9-17-10-8-12)19-14-4-2-13(3-5-14)15-11-18-20-22-15/h2-5,7-11H,1,6H2,(H,19,21). The third-order valence-corrected chi connectivity index (χ3v) is 3.92. The van der Waals surface area contributed by atoms with E-state index in [0.717, 1.165) is 21.7 Å². The van der Waals surface area contributed by atoms with Gasteiger partial charge < -0.3 is 5.32 Å². The van der Waals surface area contributed by atoms with Crippen LogP contribution in [0.1, 0.15) is 12.0 Å². The molecular weight excluding hydrogens is 296 g/mol. The number of benzene rings is 1. The van der Waals surface area contributed by atoms with Crippen molar-refractivity contribution >= 4 is 23.1 Å². The van der Waals surface area contributed by atoms with E-state index in [-0.39, 0.29) is 5.91 Å². The zero-order valence-corrected chi connectivity index (χ0v) is 12.6. The van der Waals surface area contributed by atoms with Gasteiger partial charge in [0.25, 0.3) is 0 Å². The van der Waals surface area contributed by atoms with Crippen LogP contribution in [0.4, 0.5) is 5.69 Å². The Labute approximate surface area is 132 Å². The topological polar surface area (TPSA) is 67.8 Å². The van der Waals surface area contributed by atoms with Gasteiger partial charge in [-0.2, -0.15) is 0 Å². The van der Waals surface area contributed by atoms with Crippen molar-refractivity contribution in [3.8, 4) is 10.4 Å². The molecule has 0 spiro atoms. The molecule has 0 saturated carbocycles. The Bertz CT molecular complexity index is 727. The van der Waals surface area contributed by atoms with Gasteiger partial charge in [-0.1, -0.05) is 16.6 Å². The van der Waals surface area contributed by atoms with Gasteiger partial charge in [-0.15, -0.1) is 5.10 Å². The summed E-state index contributed by atoms with van der Waals surface area (Å²) in [5.41, 5.74) is 2.95. The molecular formula is C16H14N4OS. The Balaban J connectivity index is 1.55. The molecule has 1 amide bonds. The number of hydrogen-bond donors (Lipinski definition) is 1. The molecule has 2 aromatic heterocycles. The van der Waals surface area contributed by atoms with Gasteiger partial charge in [0.1, 0.15) is 0 Å². The van der Waals surface area contributed by atoms with Gasteiger partial charge in [0.2, 0.25) is 5.91 Å². The van der Waals surface area contributed by atoms with Crippen molar-refractivity contribution in [3.05, 3.63) is 60.6 Å². The summed E-state index contributed by atoms with van der Waals surface area (Å²) in [7, 11) is 0. The molecule has 1 aromatic carbocycles. The number of hydrogen-bond acceptors (Lipinski definition) is 5. The third-order valence-electron chi connectivity index (χ3n) is 3.20. The maximum Gasteiger partial charge on any atom is 0.224 e. The molecule has 0 saturated heterocycles. The summed E-state index contributed by atoms with van der Waals surface area (Å²) in [5, 5.41) is 6.72. The van der Waals surface area contributed by atoms with Crippen LogP contribution in [0, 0.1) is 0 Å². The monoisotopic (exact) mass is 310 g/mol. The molecule has 0 unspecified atom stereocenters. The van der Waals surface area contributed by atoms with E-state index in [0.29, 0.717) is 12.8 Å². The van der Waals surface area contributed by atoms with Gasteiger partial charge in [0.05, 0.1) is 11.1 Å². The smallest absolute Gasteiger partial charge is 0.224 e. The van der Waals surface area contributed by atoms with Crippen molar-refractivity contribution in [2.45, 2.75) is 12.8 Å². The number of pyridine rings is 1. The molecule has 0 atom stereocenters. The van der Waals surface area contributed by atoms with Crippen molar-refractivity contribution in [2.24, 2.45) is 0 Å². The normalized spacial score (nSPS) is 10.4. The second-order valence-electron chi connectivity index (χ2n) is 4.76. The summed E-state index contributed by atoms with van der Waals surface area (Å²) in [6, 6.07) is 11.5. The molecule has 3 rings (SSSR count). The number of carbonyl (C=O) groups is 1. The number of carbonyl (C=O) groups excluding carboxylic acids is 1. The van der Waals surface area contributed by atoms with Gasteiger partial charge in [0.15, 0.2) is 0 Å². The molecule has 6 heteroatoms. The molecule has 0 bridgehead atoms. The molecule has 2 heterocycles. The Kier molecular flexibility index (Phi) is 4.50. The highest BCUT2D eigenvalue weighted by molar-refractivity contribution is 7.09. The quantitative estimate of drug-likeness (QED) is 0.786. The molecule has 22 heavy (non-hydrogen) atoms. The second kappa shape index (κ2) is 6.91. The van der Waals surface area contributed by atoms with Crippen LogP contribution >= 0.6 is 11.5 Å². The molecule has 1 N–H and O–H groups in total. The average Bonchev–Trinajstić information content (AvgIpc) is 3.09. The summed E-state index contributed by atoms with van der Waals surface area (Å²) in [5.74, 6) is 0.00372. The lowest BCUT2D eigenvalue weighted by molar-refractivity contribution is -0.116. The van der Waals surface area contributed by atoms with Crippen molar-refractivity contribution in [2.75, 3.05) is 5.32 Å². The van der Waals surface area contributed by atoms with Crippen LogP contribution in [-0.4, -0.2) is 20.5 Å². The van der Waals surface area contributed by atoms with E-state index in [2.05, 4.69) is 19.9 Å². The van der Waals surface area contributed by atoms with Crippen molar-refractivity contribution < 1.29 is 4.79 Å². The number of amides is 1. The molecule has 5 nitrogen and oxygen atoms in total. The van der Waals surface area contributed by atoms with Crippen LogP contribution in [-0.2, 0) is 11.2 Å². The van der Waals surface area contributed by atoms with Crippen LogP contribution in [0.2, 0.25) is 0 Å². The fraction of sp³-hybridized carbons (Fsp3) is 0.125. The van der Waals surface area contributed by atoms with Gasteiger partial charge in [0, 0.05) is 24.5 Å². The zero-order chi connectivity index (χ0) is 15.2. The number of aromatic nitrogens is 3. The molecule has 3 aromatic rings. The highest BCUT2D eigenvalue weighted by Gasteiger charge is 2.05. The molecule has 0 aliphatic heterocycles. The molecule has 0 fully saturated rings. The van der Waals surface area contributed by atoms with Gasteiger partial charge in [-0.3, -0.25) is 9.78 Å². The van der Waals surface area contributed by atoms with Crippen LogP contribution in [0.25, 0.3) is 10.4 Å². The van der Waals surface area contributed by atoms with E-state index in [9.17, 15) is 4.79 Å². The van der Waals surface area contributed by atoms with E-state index in [1.807, 2.05) is 36.4 Å². The molecule has 0 aliphatic rings. The summed E-state index contributed by atoms with van der Waals surface area (Å²) < 4.78 is 3.84. The first kappa shape index (κ1) is 14.3. The third kappa shape index (κ3) is 3.73. The maximum atomic E-state index is 12.0. The number of nitrogens with one attached hydrogen (secondary N) is 1. The van der Waals surface area contributed by atoms with Gasteiger partial charge in [-0.05, 0) is 53.3 Å². The summed E-state index contributed by atoms with van der Waals surface area (Å²) in [6.07, 6.45) is 6.36. The Morgan fingerprint density at radius 1 is 1.09 bits per heavy atom. The van der Waals surface area contributed by atoms with E-state index >= 15 is 0 Å². The fourth-order valence-electron chi connectivity index (χ4n) is 2.04. The Hall–Kier alpha value is -2.60. The molecule has 0 radical (unpaired) electrons. The first-order valence-corrected chi connectivity index (χ1v) is 7.65. The minimum Gasteiger partial charge on any atom is -0.326 e. The number of aryl methyl sites for hydroxylation is 1. The van der Waals surface area contributed by atoms with E-state index in [4.69, 9.17) is 0 Å². The summed E-state index contributed by atoms with van der Waals surface area (Å²) in [6.45, 7) is 0.